The number of aldehydes is 1. The van der Waals surface area contributed by atoms with E-state index in [1.54, 1.807) is 0 Å². The molecule has 0 atom stereocenters. The van der Waals surface area contributed by atoms with Crippen LogP contribution in [0.2, 0.25) is 0 Å². The fourth-order valence-corrected chi connectivity index (χ4v) is 1.40. The van der Waals surface area contributed by atoms with Crippen LogP contribution in [-0.2, 0) is 6.61 Å². The molecular formula is C14H12N2O6. The van der Waals surface area contributed by atoms with Crippen molar-refractivity contribution in [2.75, 3.05) is 0 Å². The van der Waals surface area contributed by atoms with E-state index < -0.39 is 9.85 Å². The summed E-state index contributed by atoms with van der Waals surface area (Å²) in [6, 6.07) is 11.2. The van der Waals surface area contributed by atoms with Gasteiger partial charge in [0.05, 0.1) is 16.5 Å². The first-order valence-corrected chi connectivity index (χ1v) is 6.01. The summed E-state index contributed by atoms with van der Waals surface area (Å²) in [6.07, 6.45) is 0.643. The van der Waals surface area contributed by atoms with Crippen molar-refractivity contribution in [1.82, 2.24) is 0 Å². The van der Waals surface area contributed by atoms with Gasteiger partial charge in [0.1, 0.15) is 6.29 Å². The first-order valence-electron chi connectivity index (χ1n) is 6.01. The summed E-state index contributed by atoms with van der Waals surface area (Å²) >= 11 is 0. The molecule has 0 bridgehead atoms. The lowest BCUT2D eigenvalue weighted by atomic mass is 10.2. The van der Waals surface area contributed by atoms with Crippen LogP contribution in [0.25, 0.3) is 0 Å². The maximum Gasteiger partial charge on any atom is 0.269 e. The Morgan fingerprint density at radius 3 is 1.59 bits per heavy atom. The number of hydrogen-bond acceptors (Lipinski definition) is 6. The zero-order chi connectivity index (χ0) is 16.5. The third-order valence-electron chi connectivity index (χ3n) is 2.57. The predicted molar refractivity (Wildman–Crippen MR) is 77.5 cm³/mol. The number of non-ortho nitro benzene ring substituents is 2. The van der Waals surface area contributed by atoms with Gasteiger partial charge in [0, 0.05) is 29.8 Å². The minimum atomic E-state index is -0.505. The van der Waals surface area contributed by atoms with Gasteiger partial charge in [-0.15, -0.1) is 0 Å². The number of aliphatic hydroxyl groups excluding tert-OH is 1. The largest absolute Gasteiger partial charge is 0.392 e. The van der Waals surface area contributed by atoms with Gasteiger partial charge >= 0.3 is 0 Å². The van der Waals surface area contributed by atoms with Gasteiger partial charge in [0.2, 0.25) is 0 Å². The highest BCUT2D eigenvalue weighted by Gasteiger charge is 2.02. The minimum Gasteiger partial charge on any atom is -0.392 e. The van der Waals surface area contributed by atoms with Crippen LogP contribution in [0, 0.1) is 20.2 Å². The molecule has 0 fully saturated rings. The quantitative estimate of drug-likeness (QED) is 0.525. The molecule has 8 nitrogen and oxygen atoms in total. The molecule has 0 saturated carbocycles. The molecule has 0 aliphatic heterocycles. The van der Waals surface area contributed by atoms with Gasteiger partial charge < -0.3 is 5.11 Å². The van der Waals surface area contributed by atoms with Gasteiger partial charge in [-0.2, -0.15) is 0 Å². The summed E-state index contributed by atoms with van der Waals surface area (Å²) in [4.78, 5) is 29.4. The van der Waals surface area contributed by atoms with Crippen molar-refractivity contribution >= 4 is 17.7 Å². The highest BCUT2D eigenvalue weighted by atomic mass is 16.6. The lowest BCUT2D eigenvalue weighted by molar-refractivity contribution is -0.385. The Morgan fingerprint density at radius 1 is 0.864 bits per heavy atom. The van der Waals surface area contributed by atoms with Crippen LogP contribution in [0.5, 0.6) is 0 Å². The summed E-state index contributed by atoms with van der Waals surface area (Å²) < 4.78 is 0. The van der Waals surface area contributed by atoms with Crippen LogP contribution in [-0.4, -0.2) is 21.2 Å². The number of nitro benzene ring substituents is 2. The highest BCUT2D eigenvalue weighted by molar-refractivity contribution is 5.75. The molecule has 0 amide bonds. The molecule has 2 aromatic carbocycles. The molecule has 2 aromatic rings. The molecule has 0 saturated heterocycles. The van der Waals surface area contributed by atoms with E-state index in [4.69, 9.17) is 5.11 Å². The standard InChI is InChI=1S/C7H7NO3.C7H5NO3/c2*9-5-6-1-3-7(4-2-6)8(10)11/h1-4,9H,5H2;1-5H. The van der Waals surface area contributed by atoms with Crippen molar-refractivity contribution in [1.29, 1.82) is 0 Å². The van der Waals surface area contributed by atoms with Crippen molar-refractivity contribution in [3.63, 3.8) is 0 Å². The molecule has 22 heavy (non-hydrogen) atoms. The fourth-order valence-electron chi connectivity index (χ4n) is 1.40. The molecule has 0 radical (unpaired) electrons. The van der Waals surface area contributed by atoms with Gasteiger partial charge in [-0.25, -0.2) is 0 Å². The predicted octanol–water partition coefficient (Wildman–Crippen LogP) is 2.49. The van der Waals surface area contributed by atoms with Crippen LogP contribution < -0.4 is 0 Å². The average molecular weight is 304 g/mol. The molecule has 0 aliphatic rings. The third-order valence-corrected chi connectivity index (χ3v) is 2.57. The number of carbonyl (C=O) groups excluding carboxylic acids is 1. The summed E-state index contributed by atoms with van der Waals surface area (Å²) in [7, 11) is 0. The molecule has 0 spiro atoms. The summed E-state index contributed by atoms with van der Waals surface area (Å²) in [6.45, 7) is -0.0853. The smallest absolute Gasteiger partial charge is 0.269 e. The van der Waals surface area contributed by atoms with E-state index in [-0.39, 0.29) is 18.0 Å². The Hall–Kier alpha value is -3.13. The second kappa shape index (κ2) is 8.22. The first-order chi connectivity index (χ1) is 10.5. The molecule has 0 aliphatic carbocycles. The molecule has 1 N–H and O–H groups in total. The van der Waals surface area contributed by atoms with Gasteiger partial charge in [0.25, 0.3) is 11.4 Å². The van der Waals surface area contributed by atoms with Crippen molar-refractivity contribution < 1.29 is 19.7 Å². The van der Waals surface area contributed by atoms with Gasteiger partial charge in [0.15, 0.2) is 0 Å². The monoisotopic (exact) mass is 304 g/mol. The van der Waals surface area contributed by atoms with Crippen LogP contribution in [0.3, 0.4) is 0 Å². The number of carbonyl (C=O) groups is 1. The summed E-state index contributed by atoms with van der Waals surface area (Å²) in [5.74, 6) is 0. The third kappa shape index (κ3) is 5.10. The lowest BCUT2D eigenvalue weighted by Crippen LogP contribution is -1.88. The highest BCUT2D eigenvalue weighted by Crippen LogP contribution is 2.11. The number of aliphatic hydroxyl groups is 1. The molecule has 2 rings (SSSR count). The topological polar surface area (TPSA) is 124 Å². The second-order valence-electron chi connectivity index (χ2n) is 4.05. The van der Waals surface area contributed by atoms with E-state index >= 15 is 0 Å². The number of benzene rings is 2. The van der Waals surface area contributed by atoms with Crippen molar-refractivity contribution in [3.8, 4) is 0 Å². The zero-order valence-electron chi connectivity index (χ0n) is 11.3. The van der Waals surface area contributed by atoms with Crippen molar-refractivity contribution in [2.45, 2.75) is 6.61 Å². The zero-order valence-corrected chi connectivity index (χ0v) is 11.3. The van der Waals surface area contributed by atoms with E-state index in [0.717, 1.165) is 0 Å². The maximum atomic E-state index is 10.1. The molecule has 114 valence electrons. The van der Waals surface area contributed by atoms with Gasteiger partial charge in [-0.3, -0.25) is 25.0 Å². The fraction of sp³-hybridized carbons (Fsp3) is 0.0714. The average Bonchev–Trinajstić information content (AvgIpc) is 2.55. The van der Waals surface area contributed by atoms with Crippen molar-refractivity contribution in [3.05, 3.63) is 79.9 Å². The SMILES string of the molecule is O=Cc1ccc([N+](=O)[O-])cc1.O=[N+]([O-])c1ccc(CO)cc1. The minimum absolute atomic E-state index is 0.00407. The first kappa shape index (κ1) is 16.9. The molecular weight excluding hydrogens is 292 g/mol. The Balaban J connectivity index is 0.000000220. The van der Waals surface area contributed by atoms with Crippen LogP contribution in [0.1, 0.15) is 15.9 Å². The van der Waals surface area contributed by atoms with E-state index in [1.165, 1.54) is 48.5 Å². The van der Waals surface area contributed by atoms with E-state index in [0.29, 0.717) is 17.4 Å². The molecule has 0 unspecified atom stereocenters. The number of nitrogens with zero attached hydrogens (tertiary/aromatic N) is 2. The van der Waals surface area contributed by atoms with Gasteiger partial charge in [-0.05, 0) is 29.8 Å². The Morgan fingerprint density at radius 2 is 1.27 bits per heavy atom. The Bertz CT molecular complexity index is 652. The van der Waals surface area contributed by atoms with E-state index in [2.05, 4.69) is 0 Å². The second-order valence-corrected chi connectivity index (χ2v) is 4.05. The van der Waals surface area contributed by atoms with Crippen LogP contribution in [0.15, 0.2) is 48.5 Å². The normalized spacial score (nSPS) is 9.32. The number of rotatable bonds is 4. The van der Waals surface area contributed by atoms with Gasteiger partial charge in [-0.1, -0.05) is 0 Å². The molecule has 8 heteroatoms. The lowest BCUT2D eigenvalue weighted by Gasteiger charge is -1.93. The summed E-state index contributed by atoms with van der Waals surface area (Å²) in [5, 5.41) is 28.9. The van der Waals surface area contributed by atoms with Crippen LogP contribution >= 0.6 is 0 Å². The Labute approximate surface area is 124 Å². The molecule has 0 heterocycles. The van der Waals surface area contributed by atoms with Crippen LogP contribution in [0.4, 0.5) is 11.4 Å². The summed E-state index contributed by atoms with van der Waals surface area (Å²) in [5.41, 5.74) is 1.16. The van der Waals surface area contributed by atoms with Crippen molar-refractivity contribution in [2.24, 2.45) is 0 Å². The van der Waals surface area contributed by atoms with E-state index in [9.17, 15) is 25.0 Å². The molecule has 0 aromatic heterocycles. The number of hydrogen-bond donors (Lipinski definition) is 1. The maximum absolute atomic E-state index is 10.1. The Kier molecular flexibility index (Phi) is 6.32. The number of nitro groups is 2. The van der Waals surface area contributed by atoms with E-state index in [1.807, 2.05) is 0 Å².